The molecule has 0 unspecified atom stereocenters. The van der Waals surface area contributed by atoms with Crippen LogP contribution in [0.15, 0.2) is 24.3 Å². The lowest BCUT2D eigenvalue weighted by atomic mass is 10.0. The highest BCUT2D eigenvalue weighted by Gasteiger charge is 2.26. The fraction of sp³-hybridized carbons (Fsp3) is 0.381. The maximum absolute atomic E-state index is 12.2. The summed E-state index contributed by atoms with van der Waals surface area (Å²) in [6.45, 7) is 8.46. The summed E-state index contributed by atoms with van der Waals surface area (Å²) in [7, 11) is 0. The molecule has 0 N–H and O–H groups in total. The molecule has 166 valence electrons. The Hall–Kier alpha value is -3.69. The third-order valence-electron chi connectivity index (χ3n) is 3.92. The van der Waals surface area contributed by atoms with Crippen LogP contribution in [0.3, 0.4) is 0 Å². The van der Waals surface area contributed by atoms with Crippen molar-refractivity contribution < 1.29 is 33.5 Å². The normalized spacial score (nSPS) is 10.5. The number of pyridine rings is 1. The highest BCUT2D eigenvalue weighted by atomic mass is 16.7. The number of carbonyl (C=O) groups is 2. The van der Waals surface area contributed by atoms with Crippen molar-refractivity contribution in [2.24, 2.45) is 0 Å². The van der Waals surface area contributed by atoms with E-state index in [0.29, 0.717) is 17.8 Å². The van der Waals surface area contributed by atoms with Gasteiger partial charge in [-0.1, -0.05) is 19.1 Å². The molecule has 10 nitrogen and oxygen atoms in total. The summed E-state index contributed by atoms with van der Waals surface area (Å²) in [5, 5.41) is 11.3. The first-order chi connectivity index (χ1) is 14.6. The second-order valence-electron chi connectivity index (χ2n) is 6.84. The summed E-state index contributed by atoms with van der Waals surface area (Å²) >= 11 is 0. The quantitative estimate of drug-likeness (QED) is 0.332. The van der Waals surface area contributed by atoms with Crippen LogP contribution in [0, 0.1) is 24.0 Å². The van der Waals surface area contributed by atoms with Crippen molar-refractivity contribution in [3.05, 3.63) is 45.8 Å². The van der Waals surface area contributed by atoms with Crippen LogP contribution in [-0.2, 0) is 9.47 Å². The molecule has 31 heavy (non-hydrogen) atoms. The Balaban J connectivity index is 2.67. The Morgan fingerprint density at radius 1 is 1.10 bits per heavy atom. The number of ether oxygens (including phenoxy) is 4. The highest BCUT2D eigenvalue weighted by molar-refractivity contribution is 5.84. The molecule has 0 saturated carbocycles. The van der Waals surface area contributed by atoms with Gasteiger partial charge in [0, 0.05) is 12.1 Å². The van der Waals surface area contributed by atoms with E-state index in [1.54, 1.807) is 33.8 Å². The fourth-order valence-corrected chi connectivity index (χ4v) is 2.70. The van der Waals surface area contributed by atoms with Crippen molar-refractivity contribution in [2.75, 3.05) is 6.61 Å². The molecule has 0 spiro atoms. The van der Waals surface area contributed by atoms with Crippen molar-refractivity contribution in [3.8, 4) is 22.6 Å². The van der Waals surface area contributed by atoms with Crippen LogP contribution in [0.25, 0.3) is 11.1 Å². The van der Waals surface area contributed by atoms with Crippen molar-refractivity contribution >= 4 is 18.0 Å². The van der Waals surface area contributed by atoms with Crippen LogP contribution in [0.1, 0.15) is 38.6 Å². The van der Waals surface area contributed by atoms with Gasteiger partial charge in [0.1, 0.15) is 0 Å². The van der Waals surface area contributed by atoms with E-state index < -0.39 is 23.3 Å². The van der Waals surface area contributed by atoms with Gasteiger partial charge >= 0.3 is 12.3 Å². The first kappa shape index (κ1) is 23.6. The van der Waals surface area contributed by atoms with Crippen LogP contribution < -0.4 is 9.47 Å². The average Bonchev–Trinajstić information content (AvgIpc) is 2.69. The fourth-order valence-electron chi connectivity index (χ4n) is 2.70. The summed E-state index contributed by atoms with van der Waals surface area (Å²) < 4.78 is 20.8. The van der Waals surface area contributed by atoms with E-state index in [-0.39, 0.29) is 34.9 Å². The molecule has 0 amide bonds. The number of nitrogens with zero attached hydrogens (tertiary/aromatic N) is 2. The zero-order valence-corrected chi connectivity index (χ0v) is 18.0. The predicted octanol–water partition coefficient (Wildman–Crippen LogP) is 5.12. The minimum Gasteiger partial charge on any atom is -0.434 e. The van der Waals surface area contributed by atoms with Gasteiger partial charge in [0.25, 0.3) is 5.69 Å². The van der Waals surface area contributed by atoms with Gasteiger partial charge in [-0.25, -0.2) is 9.59 Å². The molecule has 10 heteroatoms. The molecule has 0 saturated heterocycles. The lowest BCUT2D eigenvalue weighted by Gasteiger charge is -2.18. The molecule has 0 aliphatic rings. The molecule has 0 fully saturated rings. The highest BCUT2D eigenvalue weighted by Crippen LogP contribution is 2.43. The number of benzene rings is 1. The molecule has 0 radical (unpaired) electrons. The van der Waals surface area contributed by atoms with E-state index >= 15 is 0 Å². The van der Waals surface area contributed by atoms with Gasteiger partial charge in [0.05, 0.1) is 34.6 Å². The van der Waals surface area contributed by atoms with Crippen LogP contribution >= 0.6 is 0 Å². The van der Waals surface area contributed by atoms with E-state index in [9.17, 15) is 19.7 Å². The van der Waals surface area contributed by atoms with Crippen LogP contribution in [-0.4, -0.2) is 34.9 Å². The van der Waals surface area contributed by atoms with E-state index in [0.717, 1.165) is 0 Å². The van der Waals surface area contributed by atoms with E-state index in [2.05, 4.69) is 4.98 Å². The van der Waals surface area contributed by atoms with Gasteiger partial charge in [-0.05, 0) is 39.7 Å². The summed E-state index contributed by atoms with van der Waals surface area (Å²) in [4.78, 5) is 39.3. The van der Waals surface area contributed by atoms with Gasteiger partial charge < -0.3 is 18.9 Å². The molecule has 1 heterocycles. The Morgan fingerprint density at radius 3 is 2.26 bits per heavy atom. The number of nitro groups is 1. The number of rotatable bonds is 7. The van der Waals surface area contributed by atoms with Crippen LogP contribution in [0.2, 0.25) is 0 Å². The van der Waals surface area contributed by atoms with Gasteiger partial charge in [-0.15, -0.1) is 0 Å². The summed E-state index contributed by atoms with van der Waals surface area (Å²) in [6.07, 6.45) is -1.81. The Kier molecular flexibility index (Phi) is 7.89. The number of non-ortho nitro benzene ring substituents is 1. The third-order valence-corrected chi connectivity index (χ3v) is 3.92. The number of aryl methyl sites for hydroxylation is 2. The summed E-state index contributed by atoms with van der Waals surface area (Å²) in [5.74, 6) is -0.0883. The molecule has 2 aromatic rings. The monoisotopic (exact) mass is 432 g/mol. The number of aromatic nitrogens is 1. The number of hydrogen-bond donors (Lipinski definition) is 0. The van der Waals surface area contributed by atoms with Crippen LogP contribution in [0.5, 0.6) is 11.5 Å². The van der Waals surface area contributed by atoms with Gasteiger partial charge in [0.15, 0.2) is 11.5 Å². The van der Waals surface area contributed by atoms with Gasteiger partial charge in [-0.3, -0.25) is 15.1 Å². The smallest absolute Gasteiger partial charge is 0.434 e. The van der Waals surface area contributed by atoms with Gasteiger partial charge in [0.2, 0.25) is 0 Å². The SMILES string of the molecule is CCCOC(=O)Oc1c(C)nc(C)c(OC(=O)OC(C)C)c1-c1cccc([N+](=O)[O-])c1. The largest absolute Gasteiger partial charge is 0.514 e. The molecule has 0 atom stereocenters. The minimum atomic E-state index is -0.991. The molecular formula is C21H24N2O8. The Labute approximate surface area is 179 Å². The van der Waals surface area contributed by atoms with E-state index in [4.69, 9.17) is 18.9 Å². The zero-order chi connectivity index (χ0) is 23.1. The standard InChI is InChI=1S/C21H24N2O8/c1-6-10-28-20(24)30-18-13(4)22-14(5)19(31-21(25)29-12(2)3)17(18)15-8-7-9-16(11-15)23(26)27/h7-9,11-12H,6,10H2,1-5H3. The maximum atomic E-state index is 12.2. The first-order valence-electron chi connectivity index (χ1n) is 9.63. The third kappa shape index (κ3) is 6.14. The Bertz CT molecular complexity index is 988. The van der Waals surface area contributed by atoms with Crippen molar-refractivity contribution in [3.63, 3.8) is 0 Å². The van der Waals surface area contributed by atoms with E-state index in [1.165, 1.54) is 18.2 Å². The molecule has 1 aromatic heterocycles. The van der Waals surface area contributed by atoms with Gasteiger partial charge in [-0.2, -0.15) is 0 Å². The number of hydrogen-bond acceptors (Lipinski definition) is 9. The predicted molar refractivity (Wildman–Crippen MR) is 110 cm³/mol. The molecular weight excluding hydrogens is 408 g/mol. The Morgan fingerprint density at radius 2 is 1.71 bits per heavy atom. The number of nitro benzene ring substituents is 1. The zero-order valence-electron chi connectivity index (χ0n) is 18.0. The summed E-state index contributed by atoms with van der Waals surface area (Å²) in [6, 6.07) is 5.62. The van der Waals surface area contributed by atoms with Crippen LogP contribution in [0.4, 0.5) is 15.3 Å². The topological polar surface area (TPSA) is 127 Å². The summed E-state index contributed by atoms with van der Waals surface area (Å²) in [5.41, 5.74) is 0.835. The number of carbonyl (C=O) groups excluding carboxylic acids is 2. The molecule has 0 bridgehead atoms. The van der Waals surface area contributed by atoms with Crippen molar-refractivity contribution in [1.82, 2.24) is 4.98 Å². The lowest BCUT2D eigenvalue weighted by Crippen LogP contribution is -2.18. The van der Waals surface area contributed by atoms with Crippen molar-refractivity contribution in [1.29, 1.82) is 0 Å². The maximum Gasteiger partial charge on any atom is 0.514 e. The molecule has 1 aromatic carbocycles. The first-order valence-corrected chi connectivity index (χ1v) is 9.63. The average molecular weight is 432 g/mol. The second kappa shape index (κ2) is 10.4. The lowest BCUT2D eigenvalue weighted by molar-refractivity contribution is -0.384. The molecule has 0 aliphatic heterocycles. The molecule has 2 rings (SSSR count). The minimum absolute atomic E-state index is 0.0421. The second-order valence-corrected chi connectivity index (χ2v) is 6.84. The van der Waals surface area contributed by atoms with Crippen molar-refractivity contribution in [2.45, 2.75) is 47.1 Å². The molecule has 0 aliphatic carbocycles. The van der Waals surface area contributed by atoms with E-state index in [1.807, 2.05) is 6.92 Å².